The van der Waals surface area contributed by atoms with Gasteiger partial charge in [0.15, 0.2) is 0 Å². The molecule has 0 aliphatic carbocycles. The third kappa shape index (κ3) is 3.31. The van der Waals surface area contributed by atoms with E-state index in [0.29, 0.717) is 0 Å². The van der Waals surface area contributed by atoms with Crippen LogP contribution >= 0.6 is 0 Å². The van der Waals surface area contributed by atoms with Crippen LogP contribution in [0.2, 0.25) is 0 Å². The van der Waals surface area contributed by atoms with Gasteiger partial charge in [0.2, 0.25) is 0 Å². The maximum Gasteiger partial charge on any atom is 1.00 e. The summed E-state index contributed by atoms with van der Waals surface area (Å²) in [7, 11) is 0. The zero-order chi connectivity index (χ0) is 34.4. The van der Waals surface area contributed by atoms with Gasteiger partial charge in [-0.1, -0.05) is 121 Å². The van der Waals surface area contributed by atoms with Crippen LogP contribution in [0, 0.1) is 0 Å². The second kappa shape index (κ2) is 8.55. The molecule has 4 aromatic rings. The van der Waals surface area contributed by atoms with Gasteiger partial charge in [-0.3, -0.25) is 0 Å². The molecule has 0 nitrogen and oxygen atoms in total. The minimum absolute atomic E-state index is 0. The second-order valence-electron chi connectivity index (χ2n) is 5.02. The molecule has 0 bridgehead atoms. The predicted molar refractivity (Wildman–Crippen MR) is 110 cm³/mol. The summed E-state index contributed by atoms with van der Waals surface area (Å²) in [6.07, 6.45) is -4.42. The smallest absolute Gasteiger partial charge is 0.195 e. The largest absolute Gasteiger partial charge is 1.00 e. The van der Waals surface area contributed by atoms with Crippen molar-refractivity contribution in [1.82, 2.24) is 0 Å². The van der Waals surface area contributed by atoms with E-state index in [1.54, 1.807) is 0 Å². The third-order valence-electron chi connectivity index (χ3n) is 3.81. The molecular formula is C24H20BNa. The molecule has 0 N–H and O–H groups in total. The van der Waals surface area contributed by atoms with Gasteiger partial charge in [0.05, 0.1) is 27.4 Å². The normalized spacial score (nSPS) is 21.5. The minimum atomic E-state index is -4.42. The average Bonchev–Trinajstić information content (AvgIpc) is 3.00. The van der Waals surface area contributed by atoms with Crippen LogP contribution in [0.25, 0.3) is 0 Å². The van der Waals surface area contributed by atoms with Crippen molar-refractivity contribution in [2.45, 2.75) is 0 Å². The first-order valence-electron chi connectivity index (χ1n) is 17.2. The average molecular weight is 362 g/mol. The predicted octanol–water partition coefficient (Wildman–Crippen LogP) is 0.0680. The Morgan fingerprint density at radius 3 is 0.769 bits per heavy atom. The maximum absolute atomic E-state index is 8.89. The van der Waals surface area contributed by atoms with E-state index in [4.69, 9.17) is 27.4 Å². The van der Waals surface area contributed by atoms with Crippen molar-refractivity contribution in [2.24, 2.45) is 0 Å². The van der Waals surface area contributed by atoms with Crippen molar-refractivity contribution in [2.75, 3.05) is 0 Å². The molecule has 4 rings (SSSR count). The summed E-state index contributed by atoms with van der Waals surface area (Å²) in [6, 6.07) is -21.3. The first kappa shape index (κ1) is 5.97. The van der Waals surface area contributed by atoms with Crippen molar-refractivity contribution >= 4 is 28.0 Å². The van der Waals surface area contributed by atoms with Crippen LogP contribution in [0.5, 0.6) is 0 Å². The minimum Gasteiger partial charge on any atom is -0.195 e. The standard InChI is InChI=1S/C24H20B.Na/c1-5-13-21(14-6-1)25(22-15-7-2-8-16-22,23-17-9-3-10-18-23)24-19-11-4-12-20-24;/h1-20H;/q-1;+1/i1D,2D,3D,4D,5D,6D,7D,8D,9D,10D,11D,12D,13D,14D,15D,16D,17D,18D,19D,20D;. The molecule has 0 fully saturated rings. The Balaban J connectivity index is 0.00000576. The quantitative estimate of drug-likeness (QED) is 0.451. The van der Waals surface area contributed by atoms with Gasteiger partial charge in [0.1, 0.15) is 6.15 Å². The van der Waals surface area contributed by atoms with Gasteiger partial charge in [-0.05, 0) is 0 Å². The second-order valence-corrected chi connectivity index (χ2v) is 5.02. The van der Waals surface area contributed by atoms with Crippen molar-refractivity contribution in [3.05, 3.63) is 121 Å². The van der Waals surface area contributed by atoms with Gasteiger partial charge in [0, 0.05) is 0 Å². The van der Waals surface area contributed by atoms with Gasteiger partial charge in [-0.25, -0.2) is 0 Å². The molecule has 0 aliphatic rings. The first-order chi connectivity index (χ1) is 20.7. The molecule has 26 heavy (non-hydrogen) atoms. The van der Waals surface area contributed by atoms with E-state index >= 15 is 0 Å². The van der Waals surface area contributed by atoms with E-state index in [0.717, 1.165) is 0 Å². The molecule has 0 aromatic heterocycles. The zero-order valence-corrected chi connectivity index (χ0v) is 15.6. The first-order valence-corrected chi connectivity index (χ1v) is 7.15. The Labute approximate surface area is 206 Å². The van der Waals surface area contributed by atoms with Crippen molar-refractivity contribution in [3.8, 4) is 0 Å². The fourth-order valence-corrected chi connectivity index (χ4v) is 2.77. The molecule has 0 amide bonds. The van der Waals surface area contributed by atoms with E-state index in [1.165, 1.54) is 0 Å². The van der Waals surface area contributed by atoms with Gasteiger partial charge >= 0.3 is 29.6 Å². The van der Waals surface area contributed by atoms with Crippen LogP contribution in [0.1, 0.15) is 27.4 Å². The van der Waals surface area contributed by atoms with E-state index < -0.39 is 149 Å². The van der Waals surface area contributed by atoms with Crippen molar-refractivity contribution in [1.29, 1.82) is 0 Å². The fourth-order valence-electron chi connectivity index (χ4n) is 2.77. The van der Waals surface area contributed by atoms with Gasteiger partial charge < -0.3 is 0 Å². The third-order valence-corrected chi connectivity index (χ3v) is 3.81. The van der Waals surface area contributed by atoms with Crippen LogP contribution in [0.15, 0.2) is 121 Å². The summed E-state index contributed by atoms with van der Waals surface area (Å²) in [5, 5.41) is 0. The number of hydrogen-bond acceptors (Lipinski definition) is 0. The Morgan fingerprint density at radius 2 is 0.577 bits per heavy atom. The van der Waals surface area contributed by atoms with Gasteiger partial charge in [-0.15, -0.1) is 0 Å². The fraction of sp³-hybridized carbons (Fsp3) is 0. The molecule has 0 atom stereocenters. The van der Waals surface area contributed by atoms with Crippen molar-refractivity contribution < 1.29 is 57.0 Å². The number of hydrogen-bond donors (Lipinski definition) is 0. The molecule has 120 valence electrons. The van der Waals surface area contributed by atoms with Crippen LogP contribution in [-0.4, -0.2) is 6.15 Å². The molecule has 0 aliphatic heterocycles. The van der Waals surface area contributed by atoms with Crippen LogP contribution < -0.4 is 51.4 Å². The van der Waals surface area contributed by atoms with E-state index in [1.807, 2.05) is 0 Å². The topological polar surface area (TPSA) is 0 Å². The van der Waals surface area contributed by atoms with E-state index in [9.17, 15) is 0 Å². The van der Waals surface area contributed by atoms with E-state index in [2.05, 4.69) is 0 Å². The van der Waals surface area contributed by atoms with Gasteiger partial charge in [-0.2, -0.15) is 21.9 Å². The summed E-state index contributed by atoms with van der Waals surface area (Å²) in [6.45, 7) is 0. The molecular weight excluding hydrogens is 322 g/mol. The molecule has 0 spiro atoms. The molecule has 0 heterocycles. The maximum atomic E-state index is 8.89. The molecule has 0 unspecified atom stereocenters. The van der Waals surface area contributed by atoms with Crippen molar-refractivity contribution in [3.63, 3.8) is 0 Å². The molecule has 2 heteroatoms. The van der Waals surface area contributed by atoms with Crippen LogP contribution in [0.3, 0.4) is 0 Å². The molecule has 0 saturated carbocycles. The SMILES string of the molecule is [2H]c1c([2H])c([2H])c([B-](c2c([2H])c([2H])c([2H])c([2H])c2[2H])(c2c([2H])c([2H])c([2H])c([2H])c2[2H])c2c([2H])c([2H])c([2H])c([2H])c2[2H])c([2H])c1[2H].[Na+]. The number of rotatable bonds is 4. The zero-order valence-electron chi connectivity index (χ0n) is 33.6. The molecule has 0 radical (unpaired) electrons. The Kier molecular flexibility index (Phi) is 1.96. The molecule has 4 aromatic carbocycles. The summed E-state index contributed by atoms with van der Waals surface area (Å²) in [4.78, 5) is 0. The Morgan fingerprint density at radius 1 is 0.385 bits per heavy atom. The molecule has 0 saturated heterocycles. The Hall–Kier alpha value is -2.06. The summed E-state index contributed by atoms with van der Waals surface area (Å²) in [5.74, 6) is 0. The summed E-state index contributed by atoms with van der Waals surface area (Å²) in [5.41, 5.74) is -4.07. The summed E-state index contributed by atoms with van der Waals surface area (Å²) >= 11 is 0. The Bertz CT molecular complexity index is 1580. The van der Waals surface area contributed by atoms with Crippen LogP contribution in [0.4, 0.5) is 0 Å². The van der Waals surface area contributed by atoms with E-state index in [-0.39, 0.29) is 29.6 Å². The van der Waals surface area contributed by atoms with Gasteiger partial charge in [0.25, 0.3) is 0 Å². The monoisotopic (exact) mass is 362 g/mol. The number of benzene rings is 4. The van der Waals surface area contributed by atoms with Crippen LogP contribution in [-0.2, 0) is 0 Å². The summed E-state index contributed by atoms with van der Waals surface area (Å²) < 4.78 is 171.